The monoisotopic (exact) mass is 278 g/mol. The molecule has 1 unspecified atom stereocenters. The smallest absolute Gasteiger partial charge is 0.355 e. The summed E-state index contributed by atoms with van der Waals surface area (Å²) in [5, 5.41) is 0. The van der Waals surface area contributed by atoms with E-state index in [-0.39, 0.29) is 5.56 Å². The van der Waals surface area contributed by atoms with Crippen molar-refractivity contribution in [3.8, 4) is 0 Å². The minimum atomic E-state index is -1.54. The third-order valence-corrected chi connectivity index (χ3v) is 2.22. The van der Waals surface area contributed by atoms with Gasteiger partial charge >= 0.3 is 11.9 Å². The Morgan fingerprint density at radius 3 is 2.05 bits per heavy atom. The lowest BCUT2D eigenvalue weighted by Gasteiger charge is -2.22. The summed E-state index contributed by atoms with van der Waals surface area (Å²) >= 11 is 0. The number of rotatable bonds is 4. The molecule has 0 heterocycles. The Kier molecular flexibility index (Phi) is 5.02. The summed E-state index contributed by atoms with van der Waals surface area (Å²) in [5.41, 5.74) is -0.494. The Hall–Kier alpha value is -2.17. The second-order valence-corrected chi connectivity index (χ2v) is 5.30. The first-order chi connectivity index (χ1) is 9.20. The molecule has 0 N–H and O–H groups in total. The van der Waals surface area contributed by atoms with Gasteiger partial charge in [-0.15, -0.1) is 0 Å². The fourth-order valence-electron chi connectivity index (χ4n) is 1.40. The van der Waals surface area contributed by atoms with Crippen LogP contribution in [0.3, 0.4) is 0 Å². The van der Waals surface area contributed by atoms with Crippen LogP contribution in [0.25, 0.3) is 0 Å². The van der Waals surface area contributed by atoms with Crippen LogP contribution in [-0.2, 0) is 19.1 Å². The van der Waals surface area contributed by atoms with Gasteiger partial charge in [0.2, 0.25) is 0 Å². The van der Waals surface area contributed by atoms with E-state index in [0.29, 0.717) is 0 Å². The Labute approximate surface area is 117 Å². The van der Waals surface area contributed by atoms with E-state index in [4.69, 9.17) is 9.47 Å². The highest BCUT2D eigenvalue weighted by Crippen LogP contribution is 2.12. The maximum atomic E-state index is 11.8. The summed E-state index contributed by atoms with van der Waals surface area (Å²) in [6.07, 6.45) is -1.54. The maximum Gasteiger partial charge on any atom is 0.355 e. The summed E-state index contributed by atoms with van der Waals surface area (Å²) in [7, 11) is 0. The first kappa shape index (κ1) is 15.9. The first-order valence-corrected chi connectivity index (χ1v) is 6.20. The third-order valence-electron chi connectivity index (χ3n) is 2.22. The van der Waals surface area contributed by atoms with E-state index in [1.165, 1.54) is 19.1 Å². The number of esters is 2. The van der Waals surface area contributed by atoms with E-state index in [1.54, 1.807) is 39.0 Å². The minimum Gasteiger partial charge on any atom is -0.457 e. The average Bonchev–Trinajstić information content (AvgIpc) is 2.34. The van der Waals surface area contributed by atoms with E-state index in [0.717, 1.165) is 0 Å². The topological polar surface area (TPSA) is 69.7 Å². The highest BCUT2D eigenvalue weighted by molar-refractivity contribution is 6.04. The van der Waals surface area contributed by atoms with Crippen molar-refractivity contribution >= 4 is 17.7 Å². The van der Waals surface area contributed by atoms with E-state index in [9.17, 15) is 14.4 Å². The molecule has 0 fully saturated rings. The van der Waals surface area contributed by atoms with Crippen molar-refractivity contribution in [2.75, 3.05) is 0 Å². The van der Waals surface area contributed by atoms with Crippen LogP contribution in [0.15, 0.2) is 30.3 Å². The van der Waals surface area contributed by atoms with E-state index in [2.05, 4.69) is 0 Å². The van der Waals surface area contributed by atoms with Gasteiger partial charge in [0.15, 0.2) is 5.78 Å². The van der Waals surface area contributed by atoms with Crippen LogP contribution in [0.4, 0.5) is 0 Å². The van der Waals surface area contributed by atoms with Crippen LogP contribution in [0, 0.1) is 0 Å². The normalized spacial score (nSPS) is 12.4. The molecule has 0 aliphatic carbocycles. The second-order valence-electron chi connectivity index (χ2n) is 5.30. The third kappa shape index (κ3) is 4.84. The quantitative estimate of drug-likeness (QED) is 0.623. The molecule has 1 aromatic carbocycles. The van der Waals surface area contributed by atoms with Gasteiger partial charge in [-0.05, 0) is 39.8 Å². The van der Waals surface area contributed by atoms with Crippen LogP contribution in [0.2, 0.25) is 0 Å². The molecule has 0 aliphatic rings. The summed E-state index contributed by atoms with van der Waals surface area (Å²) in [5.74, 6) is -2.19. The Morgan fingerprint density at radius 1 is 1.05 bits per heavy atom. The molecule has 108 valence electrons. The number of Topliss-reactive ketones (excluding diaryl/α,β-unsaturated/α-hetero) is 1. The zero-order valence-electron chi connectivity index (χ0n) is 12.0. The molecule has 0 amide bonds. The summed E-state index contributed by atoms with van der Waals surface area (Å²) < 4.78 is 10.0. The number of carbonyl (C=O) groups is 3. The van der Waals surface area contributed by atoms with Crippen molar-refractivity contribution in [3.63, 3.8) is 0 Å². The van der Waals surface area contributed by atoms with Crippen molar-refractivity contribution < 1.29 is 23.9 Å². The molecule has 0 saturated heterocycles. The molecule has 20 heavy (non-hydrogen) atoms. The van der Waals surface area contributed by atoms with Crippen molar-refractivity contribution in [1.82, 2.24) is 0 Å². The number of ketones is 1. The van der Waals surface area contributed by atoms with Crippen molar-refractivity contribution in [3.05, 3.63) is 35.9 Å². The lowest BCUT2D eigenvalue weighted by molar-refractivity contribution is -0.167. The van der Waals surface area contributed by atoms with Gasteiger partial charge in [-0.1, -0.05) is 18.2 Å². The fourth-order valence-corrected chi connectivity index (χ4v) is 1.40. The minimum absolute atomic E-state index is 0.266. The Balaban J connectivity index is 2.81. The molecular weight excluding hydrogens is 260 g/mol. The van der Waals surface area contributed by atoms with Crippen LogP contribution in [0.1, 0.15) is 38.1 Å². The standard InChI is InChI=1S/C15H18O5/c1-10(16)12(14(18)20-15(2,3)4)19-13(17)11-8-6-5-7-9-11/h5-9,12H,1-4H3. The highest BCUT2D eigenvalue weighted by atomic mass is 16.6. The van der Waals surface area contributed by atoms with Crippen molar-refractivity contribution in [2.45, 2.75) is 39.4 Å². The summed E-state index contributed by atoms with van der Waals surface area (Å²) in [6.45, 7) is 6.18. The first-order valence-electron chi connectivity index (χ1n) is 6.20. The number of benzene rings is 1. The molecule has 0 radical (unpaired) electrons. The average molecular weight is 278 g/mol. The van der Waals surface area contributed by atoms with Gasteiger partial charge in [-0.2, -0.15) is 0 Å². The molecule has 5 nitrogen and oxygen atoms in total. The molecular formula is C15H18O5. The van der Waals surface area contributed by atoms with Gasteiger partial charge in [0.1, 0.15) is 5.60 Å². The molecule has 0 spiro atoms. The lowest BCUT2D eigenvalue weighted by Crippen LogP contribution is -2.39. The Bertz CT molecular complexity index is 499. The van der Waals surface area contributed by atoms with Gasteiger partial charge < -0.3 is 9.47 Å². The zero-order chi connectivity index (χ0) is 15.3. The van der Waals surface area contributed by atoms with Crippen LogP contribution >= 0.6 is 0 Å². The number of carbonyl (C=O) groups excluding carboxylic acids is 3. The van der Waals surface area contributed by atoms with E-state index >= 15 is 0 Å². The number of hydrogen-bond acceptors (Lipinski definition) is 5. The molecule has 0 aliphatic heterocycles. The largest absolute Gasteiger partial charge is 0.457 e. The second kappa shape index (κ2) is 6.32. The number of hydrogen-bond donors (Lipinski definition) is 0. The SMILES string of the molecule is CC(=O)C(OC(=O)c1ccccc1)C(=O)OC(C)(C)C. The van der Waals surface area contributed by atoms with Gasteiger partial charge in [-0.25, -0.2) is 9.59 Å². The summed E-state index contributed by atoms with van der Waals surface area (Å²) in [6, 6.07) is 8.13. The maximum absolute atomic E-state index is 11.8. The lowest BCUT2D eigenvalue weighted by atomic mass is 10.2. The van der Waals surface area contributed by atoms with Gasteiger partial charge in [0, 0.05) is 0 Å². The van der Waals surface area contributed by atoms with E-state index < -0.39 is 29.4 Å². The number of ether oxygens (including phenoxy) is 2. The van der Waals surface area contributed by atoms with Crippen LogP contribution in [0.5, 0.6) is 0 Å². The molecule has 1 aromatic rings. The molecule has 0 bridgehead atoms. The predicted octanol–water partition coefficient (Wildman–Crippen LogP) is 2.14. The van der Waals surface area contributed by atoms with Crippen LogP contribution < -0.4 is 0 Å². The van der Waals surface area contributed by atoms with Gasteiger partial charge in [-0.3, -0.25) is 4.79 Å². The van der Waals surface area contributed by atoms with Crippen molar-refractivity contribution in [1.29, 1.82) is 0 Å². The van der Waals surface area contributed by atoms with E-state index in [1.807, 2.05) is 0 Å². The molecule has 0 saturated carbocycles. The predicted molar refractivity (Wildman–Crippen MR) is 72.2 cm³/mol. The molecule has 1 rings (SSSR count). The van der Waals surface area contributed by atoms with Crippen LogP contribution in [-0.4, -0.2) is 29.4 Å². The summed E-state index contributed by atoms with van der Waals surface area (Å²) in [4.78, 5) is 35.2. The fraction of sp³-hybridized carbons (Fsp3) is 0.400. The molecule has 1 atom stereocenters. The van der Waals surface area contributed by atoms with Gasteiger partial charge in [0.25, 0.3) is 6.10 Å². The Morgan fingerprint density at radius 2 is 1.60 bits per heavy atom. The zero-order valence-corrected chi connectivity index (χ0v) is 12.0. The van der Waals surface area contributed by atoms with Gasteiger partial charge in [0.05, 0.1) is 5.56 Å². The highest BCUT2D eigenvalue weighted by Gasteiger charge is 2.32. The molecule has 5 heteroatoms. The molecule has 0 aromatic heterocycles. The van der Waals surface area contributed by atoms with Crippen molar-refractivity contribution in [2.24, 2.45) is 0 Å².